The molecule has 2 aliphatic heterocycles. The smallest absolute Gasteiger partial charge is 0.241 e. The molecule has 5 rings (SSSR count). The van der Waals surface area contributed by atoms with Crippen LogP contribution in [0, 0.1) is 11.8 Å². The van der Waals surface area contributed by atoms with Crippen LogP contribution in [0.25, 0.3) is 0 Å². The number of allylic oxidation sites excluding steroid dienone is 2. The number of halogens is 1. The van der Waals surface area contributed by atoms with Crippen LogP contribution >= 0.6 is 23.4 Å². The summed E-state index contributed by atoms with van der Waals surface area (Å²) in [5.74, 6) is 0.106. The van der Waals surface area contributed by atoms with Gasteiger partial charge in [-0.3, -0.25) is 9.59 Å². The Kier molecular flexibility index (Phi) is 9.19. The first-order valence-electron chi connectivity index (χ1n) is 14.4. The zero-order valence-corrected chi connectivity index (χ0v) is 24.2. The number of amides is 1. The van der Waals surface area contributed by atoms with Crippen molar-refractivity contribution in [3.63, 3.8) is 0 Å². The molecule has 6 heteroatoms. The second-order valence-corrected chi connectivity index (χ2v) is 12.7. The lowest BCUT2D eigenvalue weighted by atomic mass is 9.64. The lowest BCUT2D eigenvalue weighted by molar-refractivity contribution is -0.135. The van der Waals surface area contributed by atoms with Gasteiger partial charge in [0.1, 0.15) is 5.25 Å². The van der Waals surface area contributed by atoms with Crippen molar-refractivity contribution in [2.75, 3.05) is 18.0 Å². The van der Waals surface area contributed by atoms with Crippen LogP contribution in [0.2, 0.25) is 5.02 Å². The van der Waals surface area contributed by atoms with Crippen molar-refractivity contribution in [1.29, 1.82) is 0 Å². The molecule has 3 fully saturated rings. The Labute approximate surface area is 242 Å². The summed E-state index contributed by atoms with van der Waals surface area (Å²) in [5.41, 5.74) is 1.42. The van der Waals surface area contributed by atoms with Gasteiger partial charge in [0.05, 0.1) is 10.6 Å². The number of ketones is 1. The summed E-state index contributed by atoms with van der Waals surface area (Å²) >= 11 is 7.65. The Morgan fingerprint density at radius 3 is 2.33 bits per heavy atom. The van der Waals surface area contributed by atoms with Crippen molar-refractivity contribution >= 4 is 40.7 Å². The lowest BCUT2D eigenvalue weighted by Crippen LogP contribution is -2.61. The number of carbonyl (C=O) groups is 2. The monoisotopic (exact) mass is 562 g/mol. The Morgan fingerprint density at radius 1 is 0.974 bits per heavy atom. The molecule has 3 aliphatic rings. The van der Waals surface area contributed by atoms with Crippen molar-refractivity contribution in [2.24, 2.45) is 11.8 Å². The van der Waals surface area contributed by atoms with Gasteiger partial charge >= 0.3 is 0 Å². The van der Waals surface area contributed by atoms with Gasteiger partial charge in [-0.2, -0.15) is 0 Å². The molecule has 0 bridgehead atoms. The molecule has 0 spiro atoms. The van der Waals surface area contributed by atoms with Crippen LogP contribution in [0.5, 0.6) is 0 Å². The second kappa shape index (κ2) is 12.8. The number of Topliss-reactive ketones (excluding diaryl/α,β-unsaturated/α-hetero) is 1. The molecule has 1 saturated carbocycles. The number of benzene rings is 2. The third kappa shape index (κ3) is 6.15. The first kappa shape index (κ1) is 28.0. The standard InChI is InChI=1S/C33H39ClN2O2S/c1-2-3-14-27(24-12-6-4-7-13-24)33(25-17-19-26(20-18-25)36-21-10-5-11-22-36)23-29(37)31(32(38)35-33)39-30-16-9-8-15-28(30)34/h2-3,8-9,14-20,24,27,31H,1,4-7,10-13,21-23H2,(H,35,38)/b14-3-. The van der Waals surface area contributed by atoms with Gasteiger partial charge in [0.2, 0.25) is 5.91 Å². The number of hydrogen-bond donors (Lipinski definition) is 1. The first-order valence-corrected chi connectivity index (χ1v) is 15.7. The zero-order chi connectivity index (χ0) is 27.2. The maximum absolute atomic E-state index is 13.9. The number of hydrogen-bond acceptors (Lipinski definition) is 4. The third-order valence-electron chi connectivity index (χ3n) is 8.70. The molecule has 2 aromatic carbocycles. The van der Waals surface area contributed by atoms with Gasteiger partial charge in [-0.25, -0.2) is 0 Å². The van der Waals surface area contributed by atoms with E-state index >= 15 is 0 Å². The highest BCUT2D eigenvalue weighted by Crippen LogP contribution is 2.47. The normalized spacial score (nSPS) is 25.5. The minimum Gasteiger partial charge on any atom is -0.372 e. The first-order chi connectivity index (χ1) is 19.0. The van der Waals surface area contributed by atoms with Gasteiger partial charge in [-0.1, -0.05) is 79.9 Å². The predicted octanol–water partition coefficient (Wildman–Crippen LogP) is 7.71. The summed E-state index contributed by atoms with van der Waals surface area (Å²) in [4.78, 5) is 30.9. The number of nitrogens with zero attached hydrogens (tertiary/aromatic N) is 1. The molecular formula is C33H39ClN2O2S. The van der Waals surface area contributed by atoms with Gasteiger partial charge in [0, 0.05) is 36.0 Å². The molecule has 2 heterocycles. The number of rotatable bonds is 8. The highest BCUT2D eigenvalue weighted by molar-refractivity contribution is 8.01. The largest absolute Gasteiger partial charge is 0.372 e. The molecule has 2 saturated heterocycles. The SMILES string of the molecule is C=C/C=C\C(C1CCCCC1)C1(c2ccc(N3CCCCC3)cc2)CC(=O)C(Sc2ccccc2Cl)C(=O)N1. The zero-order valence-electron chi connectivity index (χ0n) is 22.6. The van der Waals surface area contributed by atoms with Gasteiger partial charge in [0.15, 0.2) is 5.78 Å². The van der Waals surface area contributed by atoms with E-state index in [4.69, 9.17) is 11.6 Å². The molecule has 0 radical (unpaired) electrons. The van der Waals surface area contributed by atoms with Gasteiger partial charge in [0.25, 0.3) is 0 Å². The van der Waals surface area contributed by atoms with Crippen LogP contribution < -0.4 is 10.2 Å². The average molecular weight is 563 g/mol. The molecule has 39 heavy (non-hydrogen) atoms. The Morgan fingerprint density at radius 2 is 1.67 bits per heavy atom. The van der Waals surface area contributed by atoms with Crippen LogP contribution in [0.3, 0.4) is 0 Å². The van der Waals surface area contributed by atoms with Crippen molar-refractivity contribution in [3.8, 4) is 0 Å². The summed E-state index contributed by atoms with van der Waals surface area (Å²) in [6.45, 7) is 6.07. The second-order valence-electron chi connectivity index (χ2n) is 11.2. The molecule has 1 aliphatic carbocycles. The van der Waals surface area contributed by atoms with Gasteiger partial charge < -0.3 is 10.2 Å². The van der Waals surface area contributed by atoms with E-state index in [1.807, 2.05) is 24.3 Å². The topological polar surface area (TPSA) is 49.4 Å². The molecule has 1 N–H and O–H groups in total. The molecule has 206 valence electrons. The van der Waals surface area contributed by atoms with Gasteiger partial charge in [-0.05, 0) is 67.9 Å². The van der Waals surface area contributed by atoms with E-state index in [0.29, 0.717) is 10.9 Å². The van der Waals surface area contributed by atoms with Gasteiger partial charge in [-0.15, -0.1) is 11.8 Å². The summed E-state index contributed by atoms with van der Waals surface area (Å²) in [5, 5.41) is 3.19. The molecule has 2 aromatic rings. The fourth-order valence-corrected chi connectivity index (χ4v) is 7.98. The van der Waals surface area contributed by atoms with E-state index < -0.39 is 10.8 Å². The van der Waals surface area contributed by atoms with E-state index in [1.165, 1.54) is 56.0 Å². The minimum absolute atomic E-state index is 0.00389. The number of piperidine rings is 2. The van der Waals surface area contributed by atoms with Crippen LogP contribution in [-0.2, 0) is 15.1 Å². The fourth-order valence-electron chi connectivity index (χ4n) is 6.73. The lowest BCUT2D eigenvalue weighted by Gasteiger charge is -2.48. The van der Waals surface area contributed by atoms with E-state index in [9.17, 15) is 9.59 Å². The van der Waals surface area contributed by atoms with Crippen LogP contribution in [0.1, 0.15) is 63.4 Å². The molecule has 3 atom stereocenters. The molecule has 0 aromatic heterocycles. The molecule has 3 unspecified atom stereocenters. The van der Waals surface area contributed by atoms with Crippen molar-refractivity contribution in [2.45, 2.75) is 73.5 Å². The Balaban J connectivity index is 1.52. The fraction of sp³-hybridized carbons (Fsp3) is 0.455. The van der Waals surface area contributed by atoms with Crippen molar-refractivity contribution in [1.82, 2.24) is 5.32 Å². The highest BCUT2D eigenvalue weighted by Gasteiger charge is 2.51. The number of nitrogens with one attached hydrogen (secondary N) is 1. The maximum Gasteiger partial charge on any atom is 0.241 e. The van der Waals surface area contributed by atoms with Crippen molar-refractivity contribution in [3.05, 3.63) is 83.9 Å². The minimum atomic E-state index is -0.818. The maximum atomic E-state index is 13.9. The molecule has 1 amide bonds. The highest BCUT2D eigenvalue weighted by atomic mass is 35.5. The summed E-state index contributed by atoms with van der Waals surface area (Å²) in [6.07, 6.45) is 15.8. The molecular weight excluding hydrogens is 524 g/mol. The summed E-state index contributed by atoms with van der Waals surface area (Å²) < 4.78 is 0. The predicted molar refractivity (Wildman–Crippen MR) is 162 cm³/mol. The van der Waals surface area contributed by atoms with E-state index in [0.717, 1.165) is 36.4 Å². The Bertz CT molecular complexity index is 1180. The van der Waals surface area contributed by atoms with Crippen LogP contribution in [-0.4, -0.2) is 30.0 Å². The van der Waals surface area contributed by atoms with Crippen LogP contribution in [0.15, 0.2) is 78.2 Å². The number of thioether (sulfide) groups is 1. The average Bonchev–Trinajstić information content (AvgIpc) is 2.97. The van der Waals surface area contributed by atoms with Crippen molar-refractivity contribution < 1.29 is 9.59 Å². The third-order valence-corrected chi connectivity index (χ3v) is 10.5. The summed E-state index contributed by atoms with van der Waals surface area (Å²) in [7, 11) is 0. The number of carbonyl (C=O) groups excluding carboxylic acids is 2. The van der Waals surface area contributed by atoms with Crippen LogP contribution in [0.4, 0.5) is 5.69 Å². The van der Waals surface area contributed by atoms with E-state index in [-0.39, 0.29) is 24.0 Å². The number of anilines is 1. The quantitative estimate of drug-likeness (QED) is 0.264. The van der Waals surface area contributed by atoms with E-state index in [1.54, 1.807) is 12.1 Å². The van der Waals surface area contributed by atoms with E-state index in [2.05, 4.69) is 47.1 Å². The molecule has 4 nitrogen and oxygen atoms in total. The Hall–Kier alpha value is -2.50. The summed E-state index contributed by atoms with van der Waals surface area (Å²) in [6, 6.07) is 16.1.